The Bertz CT molecular complexity index is 148. The normalized spacial score (nSPS) is 22.5. The molecule has 0 amide bonds. The summed E-state index contributed by atoms with van der Waals surface area (Å²) in [7, 11) is 0. The molecule has 1 rings (SSSR count). The van der Waals surface area contributed by atoms with Crippen LogP contribution in [-0.2, 0) is 0 Å². The van der Waals surface area contributed by atoms with E-state index in [1.165, 1.54) is 25.7 Å². The van der Waals surface area contributed by atoms with Crippen LogP contribution in [0.15, 0.2) is 0 Å². The first-order valence-electron chi connectivity index (χ1n) is 5.72. The fourth-order valence-electron chi connectivity index (χ4n) is 2.06. The molecule has 1 aliphatic rings. The predicted octanol–water partition coefficient (Wildman–Crippen LogP) is 2.01. The van der Waals surface area contributed by atoms with Gasteiger partial charge in [0.25, 0.3) is 0 Å². The topological polar surface area (TPSA) is 46.2 Å². The third-order valence-corrected chi connectivity index (χ3v) is 4.50. The zero-order valence-corrected chi connectivity index (χ0v) is 9.93. The van der Waals surface area contributed by atoms with Crippen molar-refractivity contribution in [2.45, 2.75) is 50.3 Å². The second kappa shape index (κ2) is 6.70. The highest BCUT2D eigenvalue weighted by Gasteiger charge is 2.22. The second-order valence-corrected chi connectivity index (χ2v) is 5.84. The molecular weight excluding hydrogens is 194 g/mol. The molecular formula is C11H23NOS. The van der Waals surface area contributed by atoms with Crippen LogP contribution in [0.2, 0.25) is 0 Å². The molecule has 0 heterocycles. The fourth-order valence-corrected chi connectivity index (χ4v) is 3.16. The third-order valence-electron chi connectivity index (χ3n) is 3.11. The smallest absolute Gasteiger partial charge is 0.0441 e. The molecule has 0 radical (unpaired) electrons. The first-order valence-corrected chi connectivity index (χ1v) is 6.77. The van der Waals surface area contributed by atoms with Gasteiger partial charge in [0.2, 0.25) is 0 Å². The molecule has 3 heteroatoms. The number of aliphatic hydroxyl groups is 1. The van der Waals surface area contributed by atoms with E-state index in [-0.39, 0.29) is 0 Å². The Balaban J connectivity index is 2.10. The molecule has 0 aliphatic heterocycles. The molecule has 1 saturated carbocycles. The van der Waals surface area contributed by atoms with Crippen molar-refractivity contribution in [2.24, 2.45) is 11.7 Å². The van der Waals surface area contributed by atoms with E-state index in [2.05, 4.69) is 6.92 Å². The lowest BCUT2D eigenvalue weighted by Crippen LogP contribution is -2.31. The average molecular weight is 217 g/mol. The Morgan fingerprint density at radius 3 is 2.64 bits per heavy atom. The molecule has 2 nitrogen and oxygen atoms in total. The number of thioether (sulfide) groups is 1. The van der Waals surface area contributed by atoms with E-state index in [1.54, 1.807) is 0 Å². The number of hydrogen-bond acceptors (Lipinski definition) is 3. The van der Waals surface area contributed by atoms with E-state index >= 15 is 0 Å². The van der Waals surface area contributed by atoms with Gasteiger partial charge in [-0.05, 0) is 25.2 Å². The van der Waals surface area contributed by atoms with Gasteiger partial charge >= 0.3 is 0 Å². The van der Waals surface area contributed by atoms with Gasteiger partial charge in [0, 0.05) is 23.7 Å². The van der Waals surface area contributed by atoms with E-state index in [1.807, 2.05) is 11.8 Å². The summed E-state index contributed by atoms with van der Waals surface area (Å²) in [6, 6.07) is 0.378. The predicted molar refractivity (Wildman–Crippen MR) is 63.6 cm³/mol. The van der Waals surface area contributed by atoms with Crippen LogP contribution in [0.4, 0.5) is 0 Å². The lowest BCUT2D eigenvalue weighted by atomic mass is 10.0. The molecule has 2 unspecified atom stereocenters. The zero-order chi connectivity index (χ0) is 10.4. The molecule has 1 aliphatic carbocycles. The van der Waals surface area contributed by atoms with Gasteiger partial charge in [-0.2, -0.15) is 11.8 Å². The van der Waals surface area contributed by atoms with Gasteiger partial charge in [-0.3, -0.25) is 0 Å². The summed E-state index contributed by atoms with van der Waals surface area (Å²) in [6.45, 7) is 2.47. The van der Waals surface area contributed by atoms with Crippen molar-refractivity contribution < 1.29 is 5.11 Å². The van der Waals surface area contributed by atoms with Gasteiger partial charge in [-0.15, -0.1) is 0 Å². The SMILES string of the molecule is CC(CCO)SCC(N)C1CCCC1. The molecule has 0 saturated heterocycles. The van der Waals surface area contributed by atoms with Crippen LogP contribution in [0.3, 0.4) is 0 Å². The highest BCUT2D eigenvalue weighted by Crippen LogP contribution is 2.29. The summed E-state index contributed by atoms with van der Waals surface area (Å²) in [4.78, 5) is 0. The summed E-state index contributed by atoms with van der Waals surface area (Å²) < 4.78 is 0. The second-order valence-electron chi connectivity index (χ2n) is 4.36. The summed E-state index contributed by atoms with van der Waals surface area (Å²) in [5, 5.41) is 9.32. The van der Waals surface area contributed by atoms with Crippen LogP contribution in [0.5, 0.6) is 0 Å². The van der Waals surface area contributed by atoms with Gasteiger partial charge in [0.1, 0.15) is 0 Å². The monoisotopic (exact) mass is 217 g/mol. The van der Waals surface area contributed by atoms with Gasteiger partial charge < -0.3 is 10.8 Å². The van der Waals surface area contributed by atoms with Crippen molar-refractivity contribution in [3.8, 4) is 0 Å². The fraction of sp³-hybridized carbons (Fsp3) is 1.00. The molecule has 2 atom stereocenters. The van der Waals surface area contributed by atoms with E-state index in [0.717, 1.165) is 18.1 Å². The number of nitrogens with two attached hydrogens (primary N) is 1. The Morgan fingerprint density at radius 1 is 1.43 bits per heavy atom. The van der Waals surface area contributed by atoms with Crippen LogP contribution < -0.4 is 5.73 Å². The van der Waals surface area contributed by atoms with Crippen LogP contribution in [-0.4, -0.2) is 28.8 Å². The standard InChI is InChI=1S/C11H23NOS/c1-9(6-7-13)14-8-11(12)10-4-2-3-5-10/h9-11,13H,2-8,12H2,1H3. The van der Waals surface area contributed by atoms with Crippen LogP contribution in [0, 0.1) is 5.92 Å². The van der Waals surface area contributed by atoms with Crippen LogP contribution in [0.1, 0.15) is 39.0 Å². The van der Waals surface area contributed by atoms with E-state index < -0.39 is 0 Å². The van der Waals surface area contributed by atoms with Crippen molar-refractivity contribution in [1.29, 1.82) is 0 Å². The Hall–Kier alpha value is 0.270. The molecule has 14 heavy (non-hydrogen) atoms. The first kappa shape index (κ1) is 12.3. The summed E-state index contributed by atoms with van der Waals surface area (Å²) in [6.07, 6.45) is 6.29. The quantitative estimate of drug-likeness (QED) is 0.715. The van der Waals surface area contributed by atoms with E-state index in [9.17, 15) is 0 Å². The Labute approximate surface area is 91.6 Å². The average Bonchev–Trinajstić information content (AvgIpc) is 2.67. The molecule has 0 spiro atoms. The zero-order valence-electron chi connectivity index (χ0n) is 9.11. The van der Waals surface area contributed by atoms with Crippen molar-refractivity contribution >= 4 is 11.8 Å². The van der Waals surface area contributed by atoms with Crippen molar-refractivity contribution in [3.05, 3.63) is 0 Å². The maximum atomic E-state index is 8.77. The molecule has 0 bridgehead atoms. The number of hydrogen-bond donors (Lipinski definition) is 2. The van der Waals surface area contributed by atoms with E-state index in [4.69, 9.17) is 10.8 Å². The van der Waals surface area contributed by atoms with Crippen LogP contribution >= 0.6 is 11.8 Å². The maximum Gasteiger partial charge on any atom is 0.0441 e. The summed E-state index contributed by atoms with van der Waals surface area (Å²) in [5.41, 5.74) is 6.14. The minimum atomic E-state index is 0.298. The minimum absolute atomic E-state index is 0.298. The van der Waals surface area contributed by atoms with Gasteiger partial charge in [-0.1, -0.05) is 19.8 Å². The molecule has 0 aromatic rings. The highest BCUT2D eigenvalue weighted by molar-refractivity contribution is 7.99. The lowest BCUT2D eigenvalue weighted by molar-refractivity contribution is 0.289. The maximum absolute atomic E-state index is 8.77. The van der Waals surface area contributed by atoms with Gasteiger partial charge in [-0.25, -0.2) is 0 Å². The Morgan fingerprint density at radius 2 is 2.07 bits per heavy atom. The van der Waals surface area contributed by atoms with Crippen LogP contribution in [0.25, 0.3) is 0 Å². The number of aliphatic hydroxyl groups excluding tert-OH is 1. The van der Waals surface area contributed by atoms with Crippen molar-refractivity contribution in [3.63, 3.8) is 0 Å². The summed E-state index contributed by atoms with van der Waals surface area (Å²) in [5.74, 6) is 1.83. The molecule has 1 fully saturated rings. The van der Waals surface area contributed by atoms with Crippen molar-refractivity contribution in [2.75, 3.05) is 12.4 Å². The lowest BCUT2D eigenvalue weighted by Gasteiger charge is -2.20. The Kier molecular flexibility index (Phi) is 5.90. The van der Waals surface area contributed by atoms with E-state index in [0.29, 0.717) is 17.9 Å². The third kappa shape index (κ3) is 4.20. The number of rotatable bonds is 6. The molecule has 0 aromatic heterocycles. The molecule has 84 valence electrons. The van der Waals surface area contributed by atoms with Crippen molar-refractivity contribution in [1.82, 2.24) is 0 Å². The van der Waals surface area contributed by atoms with Gasteiger partial charge in [0.15, 0.2) is 0 Å². The molecule has 0 aromatic carbocycles. The molecule has 3 N–H and O–H groups in total. The van der Waals surface area contributed by atoms with Gasteiger partial charge in [0.05, 0.1) is 0 Å². The first-order chi connectivity index (χ1) is 6.74. The summed E-state index contributed by atoms with van der Waals surface area (Å²) >= 11 is 1.91. The largest absolute Gasteiger partial charge is 0.396 e. The highest BCUT2D eigenvalue weighted by atomic mass is 32.2. The minimum Gasteiger partial charge on any atom is -0.396 e.